The lowest BCUT2D eigenvalue weighted by Gasteiger charge is -2.18. The molecule has 0 bridgehead atoms. The van der Waals surface area contributed by atoms with E-state index >= 15 is 0 Å². The molecule has 1 saturated carbocycles. The van der Waals surface area contributed by atoms with Crippen LogP contribution >= 0.6 is 31.9 Å². The van der Waals surface area contributed by atoms with Crippen LogP contribution in [0, 0.1) is 0 Å². The van der Waals surface area contributed by atoms with E-state index < -0.39 is 0 Å². The van der Waals surface area contributed by atoms with Gasteiger partial charge in [0.05, 0.1) is 27.4 Å². The molecule has 0 atom stereocenters. The molecule has 0 aliphatic heterocycles. The van der Waals surface area contributed by atoms with Gasteiger partial charge in [0.1, 0.15) is 0 Å². The summed E-state index contributed by atoms with van der Waals surface area (Å²) in [4.78, 5) is 13.3. The van der Waals surface area contributed by atoms with Gasteiger partial charge in [-0.25, -0.2) is 0 Å². The van der Waals surface area contributed by atoms with E-state index in [0.29, 0.717) is 36.2 Å². The molecule has 0 spiro atoms. The maximum atomic E-state index is 13.3. The minimum Gasteiger partial charge on any atom is -0.493 e. The van der Waals surface area contributed by atoms with Gasteiger partial charge in [0.15, 0.2) is 28.8 Å². The fourth-order valence-corrected chi connectivity index (χ4v) is 4.61. The van der Waals surface area contributed by atoms with Crippen molar-refractivity contribution in [3.8, 4) is 23.0 Å². The van der Waals surface area contributed by atoms with E-state index in [4.69, 9.17) is 18.9 Å². The minimum atomic E-state index is 0.0580. The summed E-state index contributed by atoms with van der Waals surface area (Å²) in [5.41, 5.74) is 3.31. The Morgan fingerprint density at radius 2 is 1.18 bits per heavy atom. The van der Waals surface area contributed by atoms with Crippen molar-refractivity contribution in [1.29, 1.82) is 0 Å². The van der Waals surface area contributed by atoms with Crippen LogP contribution in [0.15, 0.2) is 44.4 Å². The van der Waals surface area contributed by atoms with E-state index in [9.17, 15) is 4.79 Å². The first kappa shape index (κ1) is 25.4. The summed E-state index contributed by atoms with van der Waals surface area (Å²) in [6, 6.07) is 7.54. The summed E-state index contributed by atoms with van der Waals surface area (Å²) in [6.07, 6.45) is 6.24. The van der Waals surface area contributed by atoms with E-state index in [0.717, 1.165) is 50.5 Å². The molecule has 0 amide bonds. The van der Waals surface area contributed by atoms with Crippen LogP contribution in [0.2, 0.25) is 0 Å². The zero-order valence-corrected chi connectivity index (χ0v) is 22.5. The molecule has 176 valence electrons. The first-order chi connectivity index (χ1) is 15.9. The minimum absolute atomic E-state index is 0.0580. The standard InChI is InChI=1S/C26H28Br2O5/c1-5-32-24-12-18(20(27)14-22(24)30-3)10-16-8-7-9-17(26(16)29)11-19-13-25(33-6-2)23(31-4)15-21(19)28/h10-15H,5-9H2,1-4H3/b16-10+,17-11+. The second-order valence-corrected chi connectivity index (χ2v) is 9.15. The van der Waals surface area contributed by atoms with Crippen LogP contribution in [-0.2, 0) is 4.79 Å². The van der Waals surface area contributed by atoms with Crippen LogP contribution in [-0.4, -0.2) is 33.2 Å². The third kappa shape index (κ3) is 6.01. The predicted octanol–water partition coefficient (Wildman–Crippen LogP) is 7.25. The first-order valence-electron chi connectivity index (χ1n) is 10.9. The number of rotatable bonds is 8. The molecule has 0 saturated heterocycles. The Kier molecular flexibility index (Phi) is 9.03. The van der Waals surface area contributed by atoms with Crippen molar-refractivity contribution >= 4 is 49.8 Å². The monoisotopic (exact) mass is 578 g/mol. The normalized spacial score (nSPS) is 16.2. The third-order valence-corrected chi connectivity index (χ3v) is 6.67. The summed E-state index contributed by atoms with van der Waals surface area (Å²) in [7, 11) is 3.22. The third-order valence-electron chi connectivity index (χ3n) is 5.30. The molecule has 0 heterocycles. The largest absolute Gasteiger partial charge is 0.493 e. The van der Waals surface area contributed by atoms with Crippen LogP contribution in [0.3, 0.4) is 0 Å². The highest BCUT2D eigenvalue weighted by molar-refractivity contribution is 9.10. The number of hydrogen-bond donors (Lipinski definition) is 0. The average Bonchev–Trinajstić information content (AvgIpc) is 2.80. The van der Waals surface area contributed by atoms with Gasteiger partial charge in [0, 0.05) is 20.1 Å². The van der Waals surface area contributed by atoms with Gasteiger partial charge in [-0.1, -0.05) is 31.9 Å². The summed E-state index contributed by atoms with van der Waals surface area (Å²) in [5, 5.41) is 0. The number of allylic oxidation sites excluding steroid dienone is 2. The summed E-state index contributed by atoms with van der Waals surface area (Å²) in [5.74, 6) is 2.66. The van der Waals surface area contributed by atoms with Crippen molar-refractivity contribution < 1.29 is 23.7 Å². The van der Waals surface area contributed by atoms with Crippen LogP contribution in [0.4, 0.5) is 0 Å². The van der Waals surface area contributed by atoms with Crippen molar-refractivity contribution in [2.75, 3.05) is 27.4 Å². The Morgan fingerprint density at radius 3 is 1.55 bits per heavy atom. The van der Waals surface area contributed by atoms with Gasteiger partial charge in [-0.2, -0.15) is 0 Å². The number of ketones is 1. The Bertz CT molecular complexity index is 1010. The van der Waals surface area contributed by atoms with Crippen LogP contribution in [0.25, 0.3) is 12.2 Å². The number of Topliss-reactive ketones (excluding diaryl/α,β-unsaturated/α-hetero) is 1. The summed E-state index contributed by atoms with van der Waals surface area (Å²) < 4.78 is 23.9. The summed E-state index contributed by atoms with van der Waals surface area (Å²) >= 11 is 7.19. The van der Waals surface area contributed by atoms with E-state index in [1.54, 1.807) is 14.2 Å². The number of ether oxygens (including phenoxy) is 4. The number of carbonyl (C=O) groups excluding carboxylic acids is 1. The van der Waals surface area contributed by atoms with Crippen LogP contribution in [0.5, 0.6) is 23.0 Å². The number of hydrogen-bond acceptors (Lipinski definition) is 5. The van der Waals surface area contributed by atoms with Crippen molar-refractivity contribution in [2.45, 2.75) is 33.1 Å². The van der Waals surface area contributed by atoms with E-state index in [-0.39, 0.29) is 5.78 Å². The van der Waals surface area contributed by atoms with Gasteiger partial charge >= 0.3 is 0 Å². The number of methoxy groups -OCH3 is 2. The predicted molar refractivity (Wildman–Crippen MR) is 139 cm³/mol. The van der Waals surface area contributed by atoms with Gasteiger partial charge in [-0.05, 0) is 80.7 Å². The quantitative estimate of drug-likeness (QED) is 0.308. The van der Waals surface area contributed by atoms with Gasteiger partial charge in [-0.15, -0.1) is 0 Å². The smallest absolute Gasteiger partial charge is 0.185 e. The zero-order valence-electron chi connectivity index (χ0n) is 19.3. The maximum absolute atomic E-state index is 13.3. The molecular weight excluding hydrogens is 552 g/mol. The number of halogens is 2. The molecule has 2 aromatic rings. The van der Waals surface area contributed by atoms with E-state index in [1.165, 1.54) is 0 Å². The molecule has 0 aromatic heterocycles. The average molecular weight is 580 g/mol. The topological polar surface area (TPSA) is 54.0 Å². The van der Waals surface area contributed by atoms with Crippen molar-refractivity contribution in [1.82, 2.24) is 0 Å². The fourth-order valence-electron chi connectivity index (χ4n) is 3.73. The van der Waals surface area contributed by atoms with Gasteiger partial charge in [0.2, 0.25) is 0 Å². The Hall–Kier alpha value is -2.25. The maximum Gasteiger partial charge on any atom is 0.185 e. The summed E-state index contributed by atoms with van der Waals surface area (Å²) in [6.45, 7) is 4.91. The Morgan fingerprint density at radius 1 is 0.758 bits per heavy atom. The van der Waals surface area contributed by atoms with Crippen LogP contribution < -0.4 is 18.9 Å². The SMILES string of the molecule is CCOc1cc(/C=C2\CCC/C(=C\c3cc(OCC)c(OC)cc3Br)C2=O)c(Br)cc1OC. The molecule has 0 radical (unpaired) electrons. The van der Waals surface area contributed by atoms with Crippen molar-refractivity contribution in [2.24, 2.45) is 0 Å². The molecule has 1 aliphatic carbocycles. The molecule has 1 aliphatic rings. The molecule has 5 nitrogen and oxygen atoms in total. The highest BCUT2D eigenvalue weighted by Gasteiger charge is 2.22. The highest BCUT2D eigenvalue weighted by Crippen LogP contribution is 2.38. The number of carbonyl (C=O) groups is 1. The number of benzene rings is 2. The first-order valence-corrected chi connectivity index (χ1v) is 12.5. The molecule has 1 fully saturated rings. The van der Waals surface area contributed by atoms with E-state index in [2.05, 4.69) is 31.9 Å². The Labute approximate surface area is 212 Å². The van der Waals surface area contributed by atoms with E-state index in [1.807, 2.05) is 50.3 Å². The van der Waals surface area contributed by atoms with Crippen molar-refractivity contribution in [3.63, 3.8) is 0 Å². The zero-order chi connectivity index (χ0) is 24.0. The molecule has 0 N–H and O–H groups in total. The van der Waals surface area contributed by atoms with Crippen LogP contribution in [0.1, 0.15) is 44.2 Å². The molecular formula is C26H28Br2O5. The Balaban J connectivity index is 1.97. The van der Waals surface area contributed by atoms with Gasteiger partial charge in [0.25, 0.3) is 0 Å². The molecule has 2 aromatic carbocycles. The lowest BCUT2D eigenvalue weighted by molar-refractivity contribution is -0.112. The fraction of sp³-hybridized carbons (Fsp3) is 0.346. The molecule has 0 unspecified atom stereocenters. The molecule has 7 heteroatoms. The molecule has 3 rings (SSSR count). The second-order valence-electron chi connectivity index (χ2n) is 7.44. The molecule has 33 heavy (non-hydrogen) atoms. The highest BCUT2D eigenvalue weighted by atomic mass is 79.9. The second kappa shape index (κ2) is 11.7. The van der Waals surface area contributed by atoms with Gasteiger partial charge in [-0.3, -0.25) is 4.79 Å². The lowest BCUT2D eigenvalue weighted by atomic mass is 9.87. The lowest BCUT2D eigenvalue weighted by Crippen LogP contribution is -2.12. The van der Waals surface area contributed by atoms with Crippen molar-refractivity contribution in [3.05, 3.63) is 55.5 Å². The van der Waals surface area contributed by atoms with Gasteiger partial charge < -0.3 is 18.9 Å².